The molecule has 4 nitrogen and oxygen atoms in total. The van der Waals surface area contributed by atoms with Gasteiger partial charge in [0, 0.05) is 33.2 Å². The summed E-state index contributed by atoms with van der Waals surface area (Å²) in [5.74, 6) is 0.216. The molecule has 1 aliphatic heterocycles. The molecule has 0 radical (unpaired) electrons. The lowest BCUT2D eigenvalue weighted by Gasteiger charge is -2.38. The van der Waals surface area contributed by atoms with Crippen molar-refractivity contribution in [1.29, 1.82) is 0 Å². The number of hydrogen-bond donors (Lipinski definition) is 0. The first-order valence-electron chi connectivity index (χ1n) is 10.2. The van der Waals surface area contributed by atoms with Crippen LogP contribution < -0.4 is 4.90 Å². The second kappa shape index (κ2) is 8.54. The number of aryl methyl sites for hydroxylation is 1. The number of anilines is 1. The molecule has 2 aliphatic rings. The number of likely N-dealkylation sites (N-methyl/N-ethyl adjacent to an activating group) is 1. The number of fused-ring (bicyclic) bond motifs is 1. The predicted molar refractivity (Wildman–Crippen MR) is 115 cm³/mol. The van der Waals surface area contributed by atoms with Gasteiger partial charge in [0.1, 0.15) is 0 Å². The first-order chi connectivity index (χ1) is 13.6. The van der Waals surface area contributed by atoms with Crippen LogP contribution in [0.25, 0.3) is 0 Å². The van der Waals surface area contributed by atoms with E-state index >= 15 is 0 Å². The highest BCUT2D eigenvalue weighted by Gasteiger charge is 2.28. The van der Waals surface area contributed by atoms with Crippen molar-refractivity contribution in [3.8, 4) is 0 Å². The van der Waals surface area contributed by atoms with Crippen LogP contribution in [0, 0.1) is 0 Å². The Morgan fingerprint density at radius 1 is 1.07 bits per heavy atom. The van der Waals surface area contributed by atoms with E-state index in [0.29, 0.717) is 6.54 Å². The van der Waals surface area contributed by atoms with E-state index in [1.165, 1.54) is 11.1 Å². The third-order valence-corrected chi connectivity index (χ3v) is 6.44. The van der Waals surface area contributed by atoms with Gasteiger partial charge in [0.25, 0.3) is 0 Å². The third kappa shape index (κ3) is 4.03. The van der Waals surface area contributed by atoms with Crippen molar-refractivity contribution in [2.45, 2.75) is 25.3 Å². The summed E-state index contributed by atoms with van der Waals surface area (Å²) in [6, 6.07) is 16.8. The van der Waals surface area contributed by atoms with Crippen LogP contribution in [0.15, 0.2) is 48.5 Å². The highest BCUT2D eigenvalue weighted by molar-refractivity contribution is 6.33. The van der Waals surface area contributed by atoms with Crippen LogP contribution in [0.3, 0.4) is 0 Å². The van der Waals surface area contributed by atoms with Gasteiger partial charge in [0.2, 0.25) is 5.91 Å². The summed E-state index contributed by atoms with van der Waals surface area (Å²) >= 11 is 6.33. The summed E-state index contributed by atoms with van der Waals surface area (Å²) in [6.45, 7) is 4.05. The van der Waals surface area contributed by atoms with Gasteiger partial charge in [-0.2, -0.15) is 0 Å². The molecular weight excluding hydrogens is 370 g/mol. The van der Waals surface area contributed by atoms with E-state index in [1.54, 1.807) is 0 Å². The standard InChI is InChI=1S/C23H28ClN3O/c1-25(21-12-6-8-18-7-2-3-9-19(18)21)23(28)17-26-13-15-27(16-14-26)22-11-5-4-10-20(22)24/h2-5,7,9-11,21H,6,8,12-17H2,1H3/t21-/m0/s1. The van der Waals surface area contributed by atoms with E-state index in [9.17, 15) is 4.79 Å². The normalized spacial score (nSPS) is 19.9. The van der Waals surface area contributed by atoms with Crippen molar-refractivity contribution in [3.05, 3.63) is 64.7 Å². The number of para-hydroxylation sites is 1. The summed E-state index contributed by atoms with van der Waals surface area (Å²) in [6.07, 6.45) is 3.33. The number of amides is 1. The van der Waals surface area contributed by atoms with Gasteiger partial charge in [-0.05, 0) is 42.5 Å². The lowest BCUT2D eigenvalue weighted by molar-refractivity contribution is -0.133. The molecule has 1 atom stereocenters. The lowest BCUT2D eigenvalue weighted by Crippen LogP contribution is -2.50. The number of hydrogen-bond acceptors (Lipinski definition) is 3. The molecule has 5 heteroatoms. The fourth-order valence-corrected chi connectivity index (χ4v) is 4.72. The molecule has 1 saturated heterocycles. The molecule has 28 heavy (non-hydrogen) atoms. The average molecular weight is 398 g/mol. The Morgan fingerprint density at radius 2 is 1.79 bits per heavy atom. The van der Waals surface area contributed by atoms with Crippen molar-refractivity contribution in [2.75, 3.05) is 44.7 Å². The number of carbonyl (C=O) groups excluding carboxylic acids is 1. The largest absolute Gasteiger partial charge is 0.368 e. The molecule has 2 aromatic rings. The molecule has 0 unspecified atom stereocenters. The molecule has 1 amide bonds. The van der Waals surface area contributed by atoms with Crippen LogP contribution >= 0.6 is 11.6 Å². The van der Waals surface area contributed by atoms with Crippen LogP contribution in [-0.2, 0) is 11.2 Å². The van der Waals surface area contributed by atoms with Crippen LogP contribution in [-0.4, -0.2) is 55.5 Å². The number of benzene rings is 2. The quantitative estimate of drug-likeness (QED) is 0.780. The maximum Gasteiger partial charge on any atom is 0.237 e. The minimum atomic E-state index is 0.210. The number of carbonyl (C=O) groups is 1. The Balaban J connectivity index is 1.34. The van der Waals surface area contributed by atoms with Gasteiger partial charge in [0.15, 0.2) is 0 Å². The van der Waals surface area contributed by atoms with Gasteiger partial charge in [-0.1, -0.05) is 48.0 Å². The van der Waals surface area contributed by atoms with Gasteiger partial charge in [0.05, 0.1) is 23.3 Å². The fourth-order valence-electron chi connectivity index (χ4n) is 4.46. The molecule has 0 aromatic heterocycles. The van der Waals surface area contributed by atoms with E-state index in [2.05, 4.69) is 40.1 Å². The molecule has 148 valence electrons. The summed E-state index contributed by atoms with van der Waals surface area (Å²) < 4.78 is 0. The van der Waals surface area contributed by atoms with Crippen LogP contribution in [0.4, 0.5) is 5.69 Å². The van der Waals surface area contributed by atoms with Crippen molar-refractivity contribution in [1.82, 2.24) is 9.80 Å². The second-order valence-electron chi connectivity index (χ2n) is 7.83. The summed E-state index contributed by atoms with van der Waals surface area (Å²) in [5.41, 5.74) is 3.81. The maximum absolute atomic E-state index is 13.0. The highest BCUT2D eigenvalue weighted by atomic mass is 35.5. The average Bonchev–Trinajstić information content (AvgIpc) is 2.74. The van der Waals surface area contributed by atoms with Gasteiger partial charge >= 0.3 is 0 Å². The molecular formula is C23H28ClN3O. The minimum Gasteiger partial charge on any atom is -0.368 e. The molecule has 1 aliphatic carbocycles. The van der Waals surface area contributed by atoms with Gasteiger partial charge in [-0.3, -0.25) is 9.69 Å². The van der Waals surface area contributed by atoms with E-state index < -0.39 is 0 Å². The summed E-state index contributed by atoms with van der Waals surface area (Å²) in [5, 5.41) is 0.794. The first-order valence-corrected chi connectivity index (χ1v) is 10.6. The number of nitrogens with zero attached hydrogens (tertiary/aromatic N) is 3. The number of rotatable bonds is 4. The zero-order chi connectivity index (χ0) is 19.5. The predicted octanol–water partition coefficient (Wildman–Crippen LogP) is 4.00. The van der Waals surface area contributed by atoms with Gasteiger partial charge in [-0.25, -0.2) is 0 Å². The maximum atomic E-state index is 13.0. The van der Waals surface area contributed by atoms with Crippen molar-refractivity contribution in [3.63, 3.8) is 0 Å². The monoisotopic (exact) mass is 397 g/mol. The second-order valence-corrected chi connectivity index (χ2v) is 8.23. The molecule has 1 fully saturated rings. The zero-order valence-corrected chi connectivity index (χ0v) is 17.2. The molecule has 0 N–H and O–H groups in total. The van der Waals surface area contributed by atoms with Crippen LogP contribution in [0.2, 0.25) is 5.02 Å². The lowest BCUT2D eigenvalue weighted by atomic mass is 9.87. The van der Waals surface area contributed by atoms with E-state index in [-0.39, 0.29) is 11.9 Å². The van der Waals surface area contributed by atoms with Gasteiger partial charge < -0.3 is 9.80 Å². The number of piperazine rings is 1. The SMILES string of the molecule is CN(C(=O)CN1CCN(c2ccccc2Cl)CC1)[C@H]1CCCc2ccccc21. The van der Waals surface area contributed by atoms with E-state index in [4.69, 9.17) is 11.6 Å². The Morgan fingerprint density at radius 3 is 2.57 bits per heavy atom. The molecule has 0 spiro atoms. The molecule has 2 aromatic carbocycles. The Labute approximate surface area is 172 Å². The molecule has 1 heterocycles. The van der Waals surface area contributed by atoms with E-state index in [0.717, 1.165) is 56.2 Å². The van der Waals surface area contributed by atoms with Crippen molar-refractivity contribution in [2.24, 2.45) is 0 Å². The Kier molecular flexibility index (Phi) is 5.88. The highest BCUT2D eigenvalue weighted by Crippen LogP contribution is 2.33. The zero-order valence-electron chi connectivity index (χ0n) is 16.5. The fraction of sp³-hybridized carbons (Fsp3) is 0.435. The number of halogens is 1. The van der Waals surface area contributed by atoms with Gasteiger partial charge in [-0.15, -0.1) is 0 Å². The summed E-state index contributed by atoms with van der Waals surface area (Å²) in [7, 11) is 1.97. The summed E-state index contributed by atoms with van der Waals surface area (Å²) in [4.78, 5) is 19.5. The molecule has 0 bridgehead atoms. The first kappa shape index (κ1) is 19.3. The Hall–Kier alpha value is -2.04. The smallest absolute Gasteiger partial charge is 0.237 e. The van der Waals surface area contributed by atoms with Crippen molar-refractivity contribution >= 4 is 23.2 Å². The third-order valence-electron chi connectivity index (χ3n) is 6.12. The molecule has 4 rings (SSSR count). The van der Waals surface area contributed by atoms with E-state index in [1.807, 2.05) is 30.1 Å². The molecule has 0 saturated carbocycles. The van der Waals surface area contributed by atoms with Crippen LogP contribution in [0.5, 0.6) is 0 Å². The minimum absolute atomic E-state index is 0.210. The van der Waals surface area contributed by atoms with Crippen molar-refractivity contribution < 1.29 is 4.79 Å². The topological polar surface area (TPSA) is 26.8 Å². The van der Waals surface area contributed by atoms with Crippen LogP contribution in [0.1, 0.15) is 30.0 Å². The Bertz CT molecular complexity index is 832.